The van der Waals surface area contributed by atoms with Gasteiger partial charge in [-0.1, -0.05) is 62.7 Å². The number of halogens is 2. The third-order valence-corrected chi connectivity index (χ3v) is 6.32. The molecule has 3 aromatic rings. The van der Waals surface area contributed by atoms with Crippen LogP contribution in [0, 0.1) is 12.7 Å². The zero-order valence-corrected chi connectivity index (χ0v) is 20.2. The molecule has 1 atom stereocenters. The Morgan fingerprint density at radius 1 is 0.971 bits per heavy atom. The minimum atomic E-state index is -0.878. The fourth-order valence-corrected chi connectivity index (χ4v) is 4.33. The van der Waals surface area contributed by atoms with Gasteiger partial charge in [0.25, 0.3) is 11.7 Å². The second-order valence-electron chi connectivity index (χ2n) is 9.48. The van der Waals surface area contributed by atoms with Gasteiger partial charge < -0.3 is 5.11 Å². The van der Waals surface area contributed by atoms with E-state index in [0.717, 1.165) is 11.1 Å². The van der Waals surface area contributed by atoms with Crippen molar-refractivity contribution in [3.63, 3.8) is 0 Å². The van der Waals surface area contributed by atoms with E-state index in [2.05, 4.69) is 20.8 Å². The van der Waals surface area contributed by atoms with E-state index in [9.17, 15) is 19.1 Å². The van der Waals surface area contributed by atoms with Crippen LogP contribution in [0.15, 0.2) is 72.3 Å². The summed E-state index contributed by atoms with van der Waals surface area (Å²) >= 11 is 6.23. The lowest BCUT2D eigenvalue weighted by atomic mass is 9.85. The molecule has 1 saturated heterocycles. The van der Waals surface area contributed by atoms with Gasteiger partial charge >= 0.3 is 0 Å². The summed E-state index contributed by atoms with van der Waals surface area (Å²) in [7, 11) is 0. The normalized spacial score (nSPS) is 17.9. The predicted octanol–water partition coefficient (Wildman–Crippen LogP) is 6.71. The van der Waals surface area contributed by atoms with Crippen molar-refractivity contribution in [1.29, 1.82) is 0 Å². The maximum atomic E-state index is 13.5. The molecule has 1 fully saturated rings. The summed E-state index contributed by atoms with van der Waals surface area (Å²) < 4.78 is 13.5. The molecule has 0 aliphatic carbocycles. The van der Waals surface area contributed by atoms with E-state index in [1.54, 1.807) is 18.2 Å². The van der Waals surface area contributed by atoms with E-state index in [-0.39, 0.29) is 22.3 Å². The highest BCUT2D eigenvalue weighted by Crippen LogP contribution is 2.44. The van der Waals surface area contributed by atoms with Crippen LogP contribution >= 0.6 is 11.6 Å². The highest BCUT2D eigenvalue weighted by molar-refractivity contribution is 6.52. The number of anilines is 1. The van der Waals surface area contributed by atoms with Gasteiger partial charge in [-0.25, -0.2) is 4.39 Å². The average molecular weight is 478 g/mol. The second kappa shape index (κ2) is 8.73. The maximum absolute atomic E-state index is 13.5. The summed E-state index contributed by atoms with van der Waals surface area (Å²) in [5.41, 5.74) is 3.10. The molecule has 4 nitrogen and oxygen atoms in total. The fraction of sp³-hybridized carbons (Fsp3) is 0.214. The van der Waals surface area contributed by atoms with Crippen LogP contribution in [0.4, 0.5) is 10.1 Å². The largest absolute Gasteiger partial charge is 0.507 e. The van der Waals surface area contributed by atoms with Crippen LogP contribution in [0.5, 0.6) is 0 Å². The SMILES string of the molecule is Cc1ccc(Cl)cc1N1C(=O)C(=O)/C(=C(/O)c2ccc(F)cc2)C1c1ccc(C(C)(C)C)cc1. The number of hydrogen-bond acceptors (Lipinski definition) is 3. The van der Waals surface area contributed by atoms with Crippen molar-refractivity contribution in [2.24, 2.45) is 0 Å². The molecule has 4 rings (SSSR count). The van der Waals surface area contributed by atoms with Crippen molar-refractivity contribution < 1.29 is 19.1 Å². The Kier molecular flexibility index (Phi) is 6.09. The standard InChI is InChI=1S/C28H25ClFNO3/c1-16-5-12-20(29)15-22(16)31-24(17-6-10-19(11-7-17)28(2,3)4)23(26(33)27(31)34)25(32)18-8-13-21(30)14-9-18/h5-15,24,32H,1-4H3/b25-23+. The van der Waals surface area contributed by atoms with E-state index in [0.29, 0.717) is 16.3 Å². The molecule has 6 heteroatoms. The lowest BCUT2D eigenvalue weighted by Crippen LogP contribution is -2.30. The highest BCUT2D eigenvalue weighted by atomic mass is 35.5. The predicted molar refractivity (Wildman–Crippen MR) is 133 cm³/mol. The molecule has 0 saturated carbocycles. The molecule has 1 N–H and O–H groups in total. The molecule has 34 heavy (non-hydrogen) atoms. The number of amides is 1. The number of Topliss-reactive ketones (excluding diaryl/α,β-unsaturated/α-hetero) is 1. The summed E-state index contributed by atoms with van der Waals surface area (Å²) in [6, 6.07) is 17.0. The summed E-state index contributed by atoms with van der Waals surface area (Å²) in [5, 5.41) is 11.6. The van der Waals surface area contributed by atoms with Crippen LogP contribution < -0.4 is 4.90 Å². The van der Waals surface area contributed by atoms with E-state index in [4.69, 9.17) is 11.6 Å². The number of benzene rings is 3. The summed E-state index contributed by atoms with van der Waals surface area (Å²) in [6.07, 6.45) is 0. The molecular formula is C28H25ClFNO3. The van der Waals surface area contributed by atoms with E-state index < -0.39 is 23.5 Å². The first-order chi connectivity index (χ1) is 16.0. The van der Waals surface area contributed by atoms with Crippen molar-refractivity contribution in [3.8, 4) is 0 Å². The van der Waals surface area contributed by atoms with Gasteiger partial charge in [0.1, 0.15) is 11.6 Å². The number of rotatable bonds is 3. The van der Waals surface area contributed by atoms with Crippen molar-refractivity contribution in [2.75, 3.05) is 4.90 Å². The molecule has 3 aromatic carbocycles. The van der Waals surface area contributed by atoms with Gasteiger partial charge in [0, 0.05) is 16.3 Å². The highest BCUT2D eigenvalue weighted by Gasteiger charge is 2.47. The van der Waals surface area contributed by atoms with Gasteiger partial charge in [0.2, 0.25) is 0 Å². The molecule has 0 radical (unpaired) electrons. The first kappa shape index (κ1) is 23.7. The Morgan fingerprint density at radius 3 is 2.18 bits per heavy atom. The van der Waals surface area contributed by atoms with Crippen LogP contribution in [-0.2, 0) is 15.0 Å². The smallest absolute Gasteiger partial charge is 0.300 e. The molecule has 0 bridgehead atoms. The lowest BCUT2D eigenvalue weighted by Gasteiger charge is -2.28. The van der Waals surface area contributed by atoms with Gasteiger partial charge in [-0.2, -0.15) is 0 Å². The summed E-state index contributed by atoms with van der Waals surface area (Å²) in [6.45, 7) is 8.11. The van der Waals surface area contributed by atoms with E-state index >= 15 is 0 Å². The lowest BCUT2D eigenvalue weighted by molar-refractivity contribution is -0.132. The molecule has 1 amide bonds. The van der Waals surface area contributed by atoms with Crippen molar-refractivity contribution in [2.45, 2.75) is 39.2 Å². The van der Waals surface area contributed by atoms with Gasteiger partial charge in [-0.15, -0.1) is 0 Å². The molecule has 0 aromatic heterocycles. The van der Waals surface area contributed by atoms with Crippen LogP contribution in [0.2, 0.25) is 5.02 Å². The molecule has 1 aliphatic rings. The number of carbonyl (C=O) groups excluding carboxylic acids is 2. The maximum Gasteiger partial charge on any atom is 0.300 e. The number of ketones is 1. The van der Waals surface area contributed by atoms with Crippen LogP contribution in [0.25, 0.3) is 5.76 Å². The first-order valence-corrected chi connectivity index (χ1v) is 11.3. The van der Waals surface area contributed by atoms with Crippen LogP contribution in [0.3, 0.4) is 0 Å². The number of aryl methyl sites for hydroxylation is 1. The Bertz CT molecular complexity index is 1300. The fourth-order valence-electron chi connectivity index (χ4n) is 4.17. The molecule has 1 heterocycles. The van der Waals surface area contributed by atoms with E-state index in [1.807, 2.05) is 31.2 Å². The Balaban J connectivity index is 1.96. The third-order valence-electron chi connectivity index (χ3n) is 6.09. The quantitative estimate of drug-likeness (QED) is 0.259. The third kappa shape index (κ3) is 4.24. The van der Waals surface area contributed by atoms with Crippen LogP contribution in [-0.4, -0.2) is 16.8 Å². The van der Waals surface area contributed by atoms with Crippen molar-refractivity contribution in [3.05, 3.63) is 105 Å². The number of nitrogens with zero attached hydrogens (tertiary/aromatic N) is 1. The molecule has 174 valence electrons. The topological polar surface area (TPSA) is 57.6 Å². The van der Waals surface area contributed by atoms with Gasteiger partial charge in [-0.05, 0) is 65.4 Å². The van der Waals surface area contributed by atoms with Crippen molar-refractivity contribution >= 4 is 34.7 Å². The number of hydrogen-bond donors (Lipinski definition) is 1. The minimum Gasteiger partial charge on any atom is -0.507 e. The molecule has 1 aliphatic heterocycles. The first-order valence-electron chi connectivity index (χ1n) is 10.9. The van der Waals surface area contributed by atoms with Crippen LogP contribution in [0.1, 0.15) is 49.1 Å². The number of aliphatic hydroxyl groups excluding tert-OH is 1. The molecule has 0 spiro atoms. The molecular weight excluding hydrogens is 453 g/mol. The van der Waals surface area contributed by atoms with Crippen molar-refractivity contribution in [1.82, 2.24) is 0 Å². The zero-order valence-electron chi connectivity index (χ0n) is 19.4. The summed E-state index contributed by atoms with van der Waals surface area (Å²) in [4.78, 5) is 27.9. The molecule has 1 unspecified atom stereocenters. The van der Waals surface area contributed by atoms with E-state index in [1.165, 1.54) is 29.2 Å². The minimum absolute atomic E-state index is 0.0560. The Hall–Kier alpha value is -3.44. The Morgan fingerprint density at radius 2 is 1.59 bits per heavy atom. The van der Waals surface area contributed by atoms with Gasteiger partial charge in [0.15, 0.2) is 0 Å². The second-order valence-corrected chi connectivity index (χ2v) is 9.92. The summed E-state index contributed by atoms with van der Waals surface area (Å²) in [5.74, 6) is -2.41. The average Bonchev–Trinajstić information content (AvgIpc) is 3.05. The monoisotopic (exact) mass is 477 g/mol. The number of aliphatic hydroxyl groups is 1. The Labute approximate surface area is 203 Å². The number of carbonyl (C=O) groups is 2. The zero-order chi connectivity index (χ0) is 24.8. The van der Waals surface area contributed by atoms with Gasteiger partial charge in [-0.3, -0.25) is 14.5 Å². The van der Waals surface area contributed by atoms with Gasteiger partial charge in [0.05, 0.1) is 11.6 Å².